The van der Waals surface area contributed by atoms with Crippen molar-refractivity contribution in [3.8, 4) is 5.75 Å². The zero-order valence-corrected chi connectivity index (χ0v) is 20.0. The molecule has 1 fully saturated rings. The van der Waals surface area contributed by atoms with E-state index in [2.05, 4.69) is 5.10 Å². The van der Waals surface area contributed by atoms with Crippen LogP contribution in [0.2, 0.25) is 0 Å². The molecule has 0 saturated heterocycles. The Morgan fingerprint density at radius 2 is 1.84 bits per heavy atom. The topological polar surface area (TPSA) is 99.6 Å². The summed E-state index contributed by atoms with van der Waals surface area (Å²) in [5.41, 5.74) is 0.783. The Labute approximate surface area is 212 Å². The quantitative estimate of drug-likeness (QED) is 0.177. The first-order valence-electron chi connectivity index (χ1n) is 12.2. The third-order valence-corrected chi connectivity index (χ3v) is 6.59. The number of nitro benzene ring substituents is 1. The summed E-state index contributed by atoms with van der Waals surface area (Å²) in [5.74, 6) is 0.292. The van der Waals surface area contributed by atoms with Crippen LogP contribution in [0.5, 0.6) is 5.75 Å². The van der Waals surface area contributed by atoms with Gasteiger partial charge in [-0.15, -0.1) is 0 Å². The fourth-order valence-electron chi connectivity index (χ4n) is 4.65. The van der Waals surface area contributed by atoms with Crippen molar-refractivity contribution in [3.63, 3.8) is 0 Å². The average molecular weight is 501 g/mol. The van der Waals surface area contributed by atoms with E-state index in [4.69, 9.17) is 9.72 Å². The van der Waals surface area contributed by atoms with Crippen LogP contribution in [0.1, 0.15) is 55.0 Å². The minimum Gasteiger partial charge on any atom is -0.482 e. The van der Waals surface area contributed by atoms with Gasteiger partial charge in [0.2, 0.25) is 0 Å². The van der Waals surface area contributed by atoms with Crippen molar-refractivity contribution < 1.29 is 14.1 Å². The highest BCUT2D eigenvalue weighted by molar-refractivity contribution is 5.82. The number of hydrogen-bond donors (Lipinski definition) is 0. The maximum atomic E-state index is 13.9. The highest BCUT2D eigenvalue weighted by atomic mass is 19.1. The maximum absolute atomic E-state index is 13.9. The second kappa shape index (κ2) is 10.7. The first kappa shape index (κ1) is 24.3. The van der Waals surface area contributed by atoms with Crippen molar-refractivity contribution in [2.45, 2.75) is 44.6 Å². The second-order valence-corrected chi connectivity index (χ2v) is 9.05. The van der Waals surface area contributed by atoms with Crippen molar-refractivity contribution >= 4 is 22.8 Å². The van der Waals surface area contributed by atoms with E-state index in [1.54, 1.807) is 36.4 Å². The minimum absolute atomic E-state index is 0.0119. The lowest BCUT2D eigenvalue weighted by atomic mass is 9.88. The van der Waals surface area contributed by atoms with E-state index in [1.165, 1.54) is 29.1 Å². The van der Waals surface area contributed by atoms with Crippen LogP contribution in [0.25, 0.3) is 10.9 Å². The van der Waals surface area contributed by atoms with Gasteiger partial charge < -0.3 is 4.74 Å². The zero-order valence-electron chi connectivity index (χ0n) is 20.0. The van der Waals surface area contributed by atoms with Gasteiger partial charge in [0, 0.05) is 23.1 Å². The molecule has 1 aliphatic carbocycles. The molecular weight excluding hydrogens is 475 g/mol. The van der Waals surface area contributed by atoms with E-state index in [-0.39, 0.29) is 29.5 Å². The fourth-order valence-corrected chi connectivity index (χ4v) is 4.65. The number of hydrogen-bond acceptors (Lipinski definition) is 6. The van der Waals surface area contributed by atoms with E-state index >= 15 is 0 Å². The van der Waals surface area contributed by atoms with Gasteiger partial charge in [-0.1, -0.05) is 49.6 Å². The Bertz CT molecular complexity index is 1540. The van der Waals surface area contributed by atoms with E-state index in [9.17, 15) is 19.3 Å². The van der Waals surface area contributed by atoms with Crippen LogP contribution in [0.3, 0.4) is 0 Å². The molecule has 1 heterocycles. The third kappa shape index (κ3) is 5.25. The first-order valence-corrected chi connectivity index (χ1v) is 12.2. The van der Waals surface area contributed by atoms with Gasteiger partial charge in [0.05, 0.1) is 22.0 Å². The van der Waals surface area contributed by atoms with Crippen LogP contribution in [0.4, 0.5) is 10.1 Å². The van der Waals surface area contributed by atoms with Crippen LogP contribution in [-0.2, 0) is 6.61 Å². The fraction of sp³-hybridized carbons (Fsp3) is 0.250. The lowest BCUT2D eigenvalue weighted by Crippen LogP contribution is -2.25. The summed E-state index contributed by atoms with van der Waals surface area (Å²) >= 11 is 0. The number of halogens is 1. The van der Waals surface area contributed by atoms with Crippen molar-refractivity contribution in [2.75, 3.05) is 0 Å². The maximum Gasteiger partial charge on any atom is 0.311 e. The molecule has 1 aromatic heterocycles. The van der Waals surface area contributed by atoms with E-state index < -0.39 is 10.7 Å². The van der Waals surface area contributed by atoms with Gasteiger partial charge in [-0.05, 0) is 43.2 Å². The van der Waals surface area contributed by atoms with Crippen LogP contribution in [0.15, 0.2) is 76.6 Å². The SMILES string of the molecule is O=c1c2ccccc2nc(C2CCCCC2)n1N=Cc1ccc(OCc2ccccc2F)c([N+](=O)[O-])c1. The third-order valence-electron chi connectivity index (χ3n) is 6.59. The Hall–Kier alpha value is -4.40. The van der Waals surface area contributed by atoms with E-state index in [1.807, 2.05) is 12.1 Å². The number of ether oxygens (including phenoxy) is 1. The van der Waals surface area contributed by atoms with Crippen molar-refractivity contribution in [1.82, 2.24) is 9.66 Å². The van der Waals surface area contributed by atoms with Crippen LogP contribution in [0, 0.1) is 15.9 Å². The van der Waals surface area contributed by atoms with Gasteiger partial charge in [0.15, 0.2) is 5.75 Å². The molecule has 0 bridgehead atoms. The molecule has 9 heteroatoms. The molecule has 0 radical (unpaired) electrons. The number of para-hydroxylation sites is 1. The molecule has 1 saturated carbocycles. The molecule has 0 unspecified atom stereocenters. The van der Waals surface area contributed by atoms with Gasteiger partial charge in [-0.2, -0.15) is 9.78 Å². The number of nitrogens with zero attached hydrogens (tertiary/aromatic N) is 4. The summed E-state index contributed by atoms with van der Waals surface area (Å²) in [6.07, 6.45) is 6.57. The largest absolute Gasteiger partial charge is 0.482 e. The minimum atomic E-state index is -0.564. The predicted molar refractivity (Wildman–Crippen MR) is 139 cm³/mol. The Morgan fingerprint density at radius 3 is 2.62 bits per heavy atom. The number of rotatable bonds is 7. The lowest BCUT2D eigenvalue weighted by molar-refractivity contribution is -0.386. The molecule has 8 nitrogen and oxygen atoms in total. The highest BCUT2D eigenvalue weighted by Gasteiger charge is 2.22. The molecule has 0 aliphatic heterocycles. The van der Waals surface area contributed by atoms with Crippen molar-refractivity contribution in [1.29, 1.82) is 0 Å². The molecular formula is C28H25FN4O4. The van der Waals surface area contributed by atoms with Crippen LogP contribution >= 0.6 is 0 Å². The molecule has 0 amide bonds. The summed E-state index contributed by atoms with van der Waals surface area (Å²) < 4.78 is 20.8. The summed E-state index contributed by atoms with van der Waals surface area (Å²) in [6, 6.07) is 17.6. The summed E-state index contributed by atoms with van der Waals surface area (Å²) in [6.45, 7) is -0.149. The second-order valence-electron chi connectivity index (χ2n) is 9.05. The smallest absolute Gasteiger partial charge is 0.311 e. The average Bonchev–Trinajstić information content (AvgIpc) is 2.92. The highest BCUT2D eigenvalue weighted by Crippen LogP contribution is 2.32. The molecule has 0 atom stereocenters. The van der Waals surface area contributed by atoms with Crippen LogP contribution < -0.4 is 10.3 Å². The van der Waals surface area contributed by atoms with Gasteiger partial charge in [-0.25, -0.2) is 9.37 Å². The lowest BCUT2D eigenvalue weighted by Gasteiger charge is -2.22. The molecule has 0 spiro atoms. The molecule has 0 N–H and O–H groups in total. The summed E-state index contributed by atoms with van der Waals surface area (Å²) in [7, 11) is 0. The molecule has 188 valence electrons. The predicted octanol–water partition coefficient (Wildman–Crippen LogP) is 5.95. The Kier molecular flexibility index (Phi) is 7.02. The Morgan fingerprint density at radius 1 is 1.08 bits per heavy atom. The number of aromatic nitrogens is 2. The number of nitro groups is 1. The molecule has 3 aromatic carbocycles. The van der Waals surface area contributed by atoms with Gasteiger partial charge >= 0.3 is 5.69 Å². The number of benzene rings is 3. The number of fused-ring (bicyclic) bond motifs is 1. The van der Waals surface area contributed by atoms with Gasteiger partial charge in [0.1, 0.15) is 18.2 Å². The molecule has 4 aromatic rings. The summed E-state index contributed by atoms with van der Waals surface area (Å²) in [5, 5.41) is 16.6. The molecule has 5 rings (SSSR count). The Balaban J connectivity index is 1.48. The van der Waals surface area contributed by atoms with E-state index in [0.29, 0.717) is 27.9 Å². The van der Waals surface area contributed by atoms with Crippen LogP contribution in [-0.4, -0.2) is 20.8 Å². The summed E-state index contributed by atoms with van der Waals surface area (Å²) in [4.78, 5) is 29.3. The van der Waals surface area contributed by atoms with Crippen molar-refractivity contribution in [3.05, 3.63) is 110 Å². The van der Waals surface area contributed by atoms with Gasteiger partial charge in [-0.3, -0.25) is 14.9 Å². The van der Waals surface area contributed by atoms with E-state index in [0.717, 1.165) is 32.1 Å². The molecule has 1 aliphatic rings. The normalized spacial score (nSPS) is 14.3. The standard InChI is InChI=1S/C28H25FN4O4/c29-23-12-6-4-10-21(23)18-37-26-15-14-19(16-25(26)33(35)36)17-30-32-27(20-8-2-1-3-9-20)31-24-13-7-5-11-22(24)28(32)34/h4-7,10-17,20H,1-3,8-9,18H2. The van der Waals surface area contributed by atoms with Crippen molar-refractivity contribution in [2.24, 2.45) is 5.10 Å². The zero-order chi connectivity index (χ0) is 25.8. The molecule has 37 heavy (non-hydrogen) atoms. The van der Waals surface area contributed by atoms with Gasteiger partial charge in [0.25, 0.3) is 5.56 Å². The first-order chi connectivity index (χ1) is 18.0. The monoisotopic (exact) mass is 500 g/mol.